The summed E-state index contributed by atoms with van der Waals surface area (Å²) in [6.45, 7) is 4.46. The highest BCUT2D eigenvalue weighted by molar-refractivity contribution is 6.30. The minimum Gasteiger partial charge on any atom is -0.462 e. The Morgan fingerprint density at radius 3 is 2.38 bits per heavy atom. The van der Waals surface area contributed by atoms with Crippen LogP contribution in [0.3, 0.4) is 0 Å². The average Bonchev–Trinajstić information content (AvgIpc) is 2.90. The molecule has 130 valence electrons. The summed E-state index contributed by atoms with van der Waals surface area (Å²) in [4.78, 5) is 12.2. The number of hydrogen-bond acceptors (Lipinski definition) is 4. The van der Waals surface area contributed by atoms with E-state index in [1.165, 1.54) is 0 Å². The lowest BCUT2D eigenvalue weighted by Gasteiger charge is -2.18. The zero-order valence-electron chi connectivity index (χ0n) is 14.3. The van der Waals surface area contributed by atoms with Gasteiger partial charge in [-0.3, -0.25) is 0 Å². The zero-order valence-corrected chi connectivity index (χ0v) is 15.1. The Balaban J connectivity index is 2.51. The van der Waals surface area contributed by atoms with E-state index in [4.69, 9.17) is 25.8 Å². The predicted molar refractivity (Wildman–Crippen MR) is 93.4 cm³/mol. The van der Waals surface area contributed by atoms with E-state index in [0.29, 0.717) is 23.7 Å². The molecule has 1 heterocycles. The molecule has 6 heteroatoms. The topological polar surface area (TPSA) is 49.7 Å². The van der Waals surface area contributed by atoms with Gasteiger partial charge in [0.1, 0.15) is 0 Å². The van der Waals surface area contributed by atoms with E-state index < -0.39 is 6.29 Å². The molecule has 5 nitrogen and oxygen atoms in total. The Hall–Kier alpha value is -1.82. The number of nitrogens with zero attached hydrogens (tertiary/aromatic N) is 1. The highest BCUT2D eigenvalue weighted by Gasteiger charge is 2.21. The molecule has 2 rings (SSSR count). The van der Waals surface area contributed by atoms with Gasteiger partial charge in [0.25, 0.3) is 0 Å². The van der Waals surface area contributed by atoms with Crippen LogP contribution in [0.2, 0.25) is 5.02 Å². The molecule has 0 atom stereocenters. The highest BCUT2D eigenvalue weighted by atomic mass is 35.5. The van der Waals surface area contributed by atoms with Crippen LogP contribution in [-0.4, -0.2) is 37.7 Å². The molecular weight excluding hydrogens is 330 g/mol. The highest BCUT2D eigenvalue weighted by Crippen LogP contribution is 2.28. The molecule has 0 fully saturated rings. The zero-order chi connectivity index (χ0) is 17.7. The number of benzene rings is 1. The third kappa shape index (κ3) is 3.98. The normalized spacial score (nSPS) is 11.1. The summed E-state index contributed by atoms with van der Waals surface area (Å²) >= 11 is 5.98. The molecule has 1 aromatic heterocycles. The number of rotatable bonds is 7. The summed E-state index contributed by atoms with van der Waals surface area (Å²) in [5, 5.41) is 0.658. The predicted octanol–water partition coefficient (Wildman–Crippen LogP) is 3.91. The van der Waals surface area contributed by atoms with Gasteiger partial charge in [-0.05, 0) is 37.6 Å². The monoisotopic (exact) mass is 351 g/mol. The number of hydrogen-bond donors (Lipinski definition) is 0. The molecule has 0 unspecified atom stereocenters. The first-order valence-corrected chi connectivity index (χ1v) is 8.08. The van der Waals surface area contributed by atoms with Crippen molar-refractivity contribution in [3.63, 3.8) is 0 Å². The molecule has 0 radical (unpaired) electrons. The molecular formula is C18H22ClNO4. The lowest BCUT2D eigenvalue weighted by atomic mass is 10.1. The Labute approximate surface area is 147 Å². The second-order valence-electron chi connectivity index (χ2n) is 5.27. The van der Waals surface area contributed by atoms with Crippen molar-refractivity contribution in [3.05, 3.63) is 46.6 Å². The number of esters is 1. The molecule has 1 aromatic carbocycles. The van der Waals surface area contributed by atoms with Gasteiger partial charge in [-0.2, -0.15) is 0 Å². The molecule has 24 heavy (non-hydrogen) atoms. The van der Waals surface area contributed by atoms with Gasteiger partial charge in [0.2, 0.25) is 0 Å². The number of methoxy groups -OCH3 is 2. The number of halogens is 1. The lowest BCUT2D eigenvalue weighted by molar-refractivity contribution is -0.110. The van der Waals surface area contributed by atoms with E-state index in [-0.39, 0.29) is 5.97 Å². The van der Waals surface area contributed by atoms with Crippen molar-refractivity contribution in [2.75, 3.05) is 20.8 Å². The largest absolute Gasteiger partial charge is 0.462 e. The maximum absolute atomic E-state index is 12.2. The van der Waals surface area contributed by atoms with E-state index in [0.717, 1.165) is 17.0 Å². The van der Waals surface area contributed by atoms with E-state index >= 15 is 0 Å². The first kappa shape index (κ1) is 18.5. The van der Waals surface area contributed by atoms with Crippen LogP contribution in [0.4, 0.5) is 0 Å². The van der Waals surface area contributed by atoms with Crippen molar-refractivity contribution in [1.82, 2.24) is 4.57 Å². The maximum atomic E-state index is 12.2. The molecule has 0 saturated carbocycles. The summed E-state index contributed by atoms with van der Waals surface area (Å²) in [6, 6.07) is 9.29. The minimum atomic E-state index is -0.419. The first-order valence-electron chi connectivity index (χ1n) is 7.70. The van der Waals surface area contributed by atoms with Crippen LogP contribution in [-0.2, 0) is 20.8 Å². The smallest absolute Gasteiger partial charge is 0.339 e. The fourth-order valence-corrected chi connectivity index (χ4v) is 2.68. The molecule has 0 aliphatic rings. The third-order valence-electron chi connectivity index (χ3n) is 3.86. The van der Waals surface area contributed by atoms with Gasteiger partial charge in [-0.15, -0.1) is 0 Å². The fraction of sp³-hybridized carbons (Fsp3) is 0.389. The Morgan fingerprint density at radius 2 is 1.83 bits per heavy atom. The van der Waals surface area contributed by atoms with E-state index in [1.807, 2.05) is 41.8 Å². The summed E-state index contributed by atoms with van der Waals surface area (Å²) in [5.74, 6) is -0.338. The number of aromatic nitrogens is 1. The van der Waals surface area contributed by atoms with Crippen LogP contribution < -0.4 is 0 Å². The summed E-state index contributed by atoms with van der Waals surface area (Å²) in [6.07, 6.45) is -0.419. The van der Waals surface area contributed by atoms with E-state index in [9.17, 15) is 4.79 Å². The molecule has 0 N–H and O–H groups in total. The van der Waals surface area contributed by atoms with E-state index in [2.05, 4.69) is 0 Å². The van der Waals surface area contributed by atoms with E-state index in [1.54, 1.807) is 21.1 Å². The molecule has 0 amide bonds. The van der Waals surface area contributed by atoms with Crippen molar-refractivity contribution in [1.29, 1.82) is 0 Å². The van der Waals surface area contributed by atoms with Crippen LogP contribution >= 0.6 is 11.6 Å². The summed E-state index contributed by atoms with van der Waals surface area (Å²) < 4.78 is 17.8. The van der Waals surface area contributed by atoms with Crippen LogP contribution in [0, 0.1) is 6.92 Å². The van der Waals surface area contributed by atoms with Crippen LogP contribution in [0.25, 0.3) is 11.3 Å². The quantitative estimate of drug-likeness (QED) is 0.560. The van der Waals surface area contributed by atoms with Gasteiger partial charge < -0.3 is 18.8 Å². The van der Waals surface area contributed by atoms with Crippen LogP contribution in [0.5, 0.6) is 0 Å². The van der Waals surface area contributed by atoms with Gasteiger partial charge in [0.15, 0.2) is 6.29 Å². The van der Waals surface area contributed by atoms with Crippen molar-refractivity contribution in [2.24, 2.45) is 0 Å². The Bertz CT molecular complexity index is 690. The maximum Gasteiger partial charge on any atom is 0.339 e. The average molecular weight is 352 g/mol. The molecule has 0 saturated heterocycles. The van der Waals surface area contributed by atoms with Crippen LogP contribution in [0.15, 0.2) is 30.3 Å². The number of carbonyl (C=O) groups is 1. The summed E-state index contributed by atoms with van der Waals surface area (Å²) in [7, 11) is 3.17. The molecule has 0 bridgehead atoms. The Kier molecular flexibility index (Phi) is 6.43. The van der Waals surface area contributed by atoms with Crippen molar-refractivity contribution in [3.8, 4) is 11.3 Å². The number of carbonyl (C=O) groups excluding carboxylic acids is 1. The van der Waals surface area contributed by atoms with Gasteiger partial charge in [0, 0.05) is 30.6 Å². The van der Waals surface area contributed by atoms with Crippen LogP contribution in [0.1, 0.15) is 23.0 Å². The van der Waals surface area contributed by atoms with Crippen molar-refractivity contribution in [2.45, 2.75) is 26.7 Å². The molecule has 0 spiro atoms. The fourth-order valence-electron chi connectivity index (χ4n) is 2.55. The standard InChI is InChI=1S/C18H22ClNO4/c1-5-24-18(21)15-10-16(13-6-8-14(19)9-7-13)20(12(15)2)11-17(22-3)23-4/h6-10,17H,5,11H2,1-4H3. The van der Waals surface area contributed by atoms with Gasteiger partial charge in [-0.25, -0.2) is 4.79 Å². The third-order valence-corrected chi connectivity index (χ3v) is 4.11. The molecule has 2 aromatic rings. The molecule has 0 aliphatic heterocycles. The van der Waals surface area contributed by atoms with Gasteiger partial charge in [0.05, 0.1) is 18.7 Å². The minimum absolute atomic E-state index is 0.332. The SMILES string of the molecule is CCOC(=O)c1cc(-c2ccc(Cl)cc2)n(CC(OC)OC)c1C. The summed E-state index contributed by atoms with van der Waals surface area (Å²) in [5.41, 5.74) is 3.17. The number of ether oxygens (including phenoxy) is 3. The Morgan fingerprint density at radius 1 is 1.21 bits per heavy atom. The molecule has 0 aliphatic carbocycles. The lowest BCUT2D eigenvalue weighted by Crippen LogP contribution is -2.22. The van der Waals surface area contributed by atoms with Crippen molar-refractivity contribution < 1.29 is 19.0 Å². The second-order valence-corrected chi connectivity index (χ2v) is 5.70. The first-order chi connectivity index (χ1) is 11.5. The van der Waals surface area contributed by atoms with Gasteiger partial charge in [-0.1, -0.05) is 23.7 Å². The van der Waals surface area contributed by atoms with Gasteiger partial charge >= 0.3 is 5.97 Å². The van der Waals surface area contributed by atoms with Crippen molar-refractivity contribution >= 4 is 17.6 Å². The second kappa shape index (κ2) is 8.33.